The molecule has 0 spiro atoms. The number of para-hydroxylation sites is 2. The van der Waals surface area contributed by atoms with Crippen molar-refractivity contribution in [3.05, 3.63) is 48.0 Å². The lowest BCUT2D eigenvalue weighted by Gasteiger charge is -2.20. The Hall–Kier alpha value is -3.15. The molecule has 6 nitrogen and oxygen atoms in total. The van der Waals surface area contributed by atoms with E-state index in [4.69, 9.17) is 9.47 Å². The van der Waals surface area contributed by atoms with Gasteiger partial charge >= 0.3 is 0 Å². The molecule has 0 aliphatic rings. The van der Waals surface area contributed by atoms with Crippen LogP contribution in [0.25, 0.3) is 6.08 Å². The maximum atomic E-state index is 12.3. The van der Waals surface area contributed by atoms with E-state index in [0.29, 0.717) is 22.7 Å². The minimum Gasteiger partial charge on any atom is -0.506 e. The number of phenols is 2. The van der Waals surface area contributed by atoms with Crippen molar-refractivity contribution in [2.75, 3.05) is 5.32 Å². The zero-order valence-electron chi connectivity index (χ0n) is 19.4. The predicted octanol–water partition coefficient (Wildman–Crippen LogP) is 6.27. The standard InChI is InChI=1S/C26H35NO5/c1-5-7-11-19(4)32-24-17-20(16-23(26(24)30)31-18(3)10-6-2)14-15-25(29)27-21-12-8-9-13-22(21)28/h8-9,12-19,28,30H,5-7,10-11H2,1-4H3,(H,27,29)/b15-14+. The van der Waals surface area contributed by atoms with Gasteiger partial charge in [-0.3, -0.25) is 4.79 Å². The molecule has 0 aliphatic carbocycles. The Morgan fingerprint density at radius 2 is 1.62 bits per heavy atom. The minimum atomic E-state index is -0.389. The Bertz CT molecular complexity index is 909. The van der Waals surface area contributed by atoms with E-state index >= 15 is 0 Å². The first kappa shape index (κ1) is 25.1. The van der Waals surface area contributed by atoms with E-state index in [1.807, 2.05) is 13.8 Å². The average molecular weight is 442 g/mol. The van der Waals surface area contributed by atoms with Crippen LogP contribution < -0.4 is 14.8 Å². The summed E-state index contributed by atoms with van der Waals surface area (Å²) in [6.07, 6.45) is 7.64. The smallest absolute Gasteiger partial charge is 0.248 e. The van der Waals surface area contributed by atoms with Gasteiger partial charge in [-0.05, 0) is 62.6 Å². The van der Waals surface area contributed by atoms with Crippen molar-refractivity contribution in [3.63, 3.8) is 0 Å². The molecule has 174 valence electrons. The lowest BCUT2D eigenvalue weighted by molar-refractivity contribution is -0.111. The number of phenolic OH excluding ortho intramolecular Hbond substituents is 2. The monoisotopic (exact) mass is 441 g/mol. The van der Waals surface area contributed by atoms with Gasteiger partial charge in [-0.2, -0.15) is 0 Å². The first-order valence-electron chi connectivity index (χ1n) is 11.3. The van der Waals surface area contributed by atoms with Gasteiger partial charge < -0.3 is 25.0 Å². The van der Waals surface area contributed by atoms with Crippen molar-refractivity contribution in [2.24, 2.45) is 0 Å². The molecule has 2 atom stereocenters. The third-order valence-electron chi connectivity index (χ3n) is 4.97. The molecular weight excluding hydrogens is 406 g/mol. The maximum Gasteiger partial charge on any atom is 0.248 e. The van der Waals surface area contributed by atoms with Crippen LogP contribution in [0, 0.1) is 0 Å². The van der Waals surface area contributed by atoms with Gasteiger partial charge in [0.15, 0.2) is 11.5 Å². The molecule has 2 aromatic carbocycles. The molecule has 0 heterocycles. The number of rotatable bonds is 12. The molecule has 0 aromatic heterocycles. The molecule has 0 fully saturated rings. The van der Waals surface area contributed by atoms with Gasteiger partial charge in [0.05, 0.1) is 17.9 Å². The highest BCUT2D eigenvalue weighted by Crippen LogP contribution is 2.39. The summed E-state index contributed by atoms with van der Waals surface area (Å²) < 4.78 is 11.9. The molecule has 0 radical (unpaired) electrons. The van der Waals surface area contributed by atoms with E-state index in [-0.39, 0.29) is 29.6 Å². The molecule has 2 unspecified atom stereocenters. The molecule has 0 aliphatic heterocycles. The first-order chi connectivity index (χ1) is 15.3. The summed E-state index contributed by atoms with van der Waals surface area (Å²) in [6.45, 7) is 8.12. The van der Waals surface area contributed by atoms with Crippen molar-refractivity contribution >= 4 is 17.7 Å². The van der Waals surface area contributed by atoms with E-state index < -0.39 is 0 Å². The second-order valence-corrected chi connectivity index (χ2v) is 7.99. The number of carbonyl (C=O) groups is 1. The fraction of sp³-hybridized carbons (Fsp3) is 0.423. The Balaban J connectivity index is 2.24. The van der Waals surface area contributed by atoms with Crippen LogP contribution >= 0.6 is 0 Å². The lowest BCUT2D eigenvalue weighted by atomic mass is 10.1. The van der Waals surface area contributed by atoms with Crippen LogP contribution in [0.1, 0.15) is 65.4 Å². The highest BCUT2D eigenvalue weighted by Gasteiger charge is 2.16. The van der Waals surface area contributed by atoms with Crippen LogP contribution in [-0.4, -0.2) is 28.3 Å². The molecule has 3 N–H and O–H groups in total. The number of hydrogen-bond acceptors (Lipinski definition) is 5. The number of nitrogens with one attached hydrogen (secondary N) is 1. The Morgan fingerprint density at radius 1 is 1.00 bits per heavy atom. The molecule has 2 aromatic rings. The van der Waals surface area contributed by atoms with Crippen molar-refractivity contribution in [3.8, 4) is 23.0 Å². The first-order valence-corrected chi connectivity index (χ1v) is 11.3. The molecule has 0 bridgehead atoms. The summed E-state index contributed by atoms with van der Waals surface area (Å²) >= 11 is 0. The van der Waals surface area contributed by atoms with Gasteiger partial charge in [0.2, 0.25) is 11.7 Å². The SMILES string of the molecule is CCCCC(C)Oc1cc(/C=C/C(=O)Nc2ccccc2O)cc(OC(C)CCC)c1O. The van der Waals surface area contributed by atoms with Crippen molar-refractivity contribution in [1.29, 1.82) is 0 Å². The molecular formula is C26H35NO5. The van der Waals surface area contributed by atoms with Crippen molar-refractivity contribution in [2.45, 2.75) is 72.0 Å². The van der Waals surface area contributed by atoms with Gasteiger partial charge in [0.25, 0.3) is 0 Å². The number of ether oxygens (including phenoxy) is 2. The summed E-state index contributed by atoms with van der Waals surface area (Å²) in [5.74, 6) is 0.228. The van der Waals surface area contributed by atoms with Gasteiger partial charge in [0, 0.05) is 6.08 Å². The van der Waals surface area contributed by atoms with Crippen LogP contribution in [0.4, 0.5) is 5.69 Å². The van der Waals surface area contributed by atoms with E-state index in [2.05, 4.69) is 19.2 Å². The fourth-order valence-electron chi connectivity index (χ4n) is 3.25. The van der Waals surface area contributed by atoms with E-state index in [1.165, 1.54) is 12.1 Å². The van der Waals surface area contributed by atoms with Crippen molar-refractivity contribution in [1.82, 2.24) is 0 Å². The quantitative estimate of drug-likeness (QED) is 0.267. The van der Waals surface area contributed by atoms with E-state index in [0.717, 1.165) is 32.1 Å². The van der Waals surface area contributed by atoms with Crippen LogP contribution in [-0.2, 0) is 4.79 Å². The highest BCUT2D eigenvalue weighted by molar-refractivity contribution is 6.02. The largest absolute Gasteiger partial charge is 0.506 e. The summed E-state index contributed by atoms with van der Waals surface area (Å²) in [7, 11) is 0. The van der Waals surface area contributed by atoms with Crippen LogP contribution in [0.5, 0.6) is 23.0 Å². The maximum absolute atomic E-state index is 12.3. The van der Waals surface area contributed by atoms with Gasteiger partial charge in [0.1, 0.15) is 5.75 Å². The normalized spacial score (nSPS) is 13.0. The van der Waals surface area contributed by atoms with E-state index in [9.17, 15) is 15.0 Å². The Morgan fingerprint density at radius 3 is 2.22 bits per heavy atom. The van der Waals surface area contributed by atoms with Crippen LogP contribution in [0.3, 0.4) is 0 Å². The van der Waals surface area contributed by atoms with Gasteiger partial charge in [-0.15, -0.1) is 0 Å². The van der Waals surface area contributed by atoms with E-state index in [1.54, 1.807) is 36.4 Å². The molecule has 0 saturated carbocycles. The number of amides is 1. The second kappa shape index (κ2) is 12.6. The number of unbranched alkanes of at least 4 members (excludes halogenated alkanes) is 1. The summed E-state index contributed by atoms with van der Waals surface area (Å²) in [6, 6.07) is 9.91. The molecule has 32 heavy (non-hydrogen) atoms. The van der Waals surface area contributed by atoms with Crippen LogP contribution in [0.15, 0.2) is 42.5 Å². The molecule has 0 saturated heterocycles. The summed E-state index contributed by atoms with van der Waals surface area (Å²) in [4.78, 5) is 12.3. The molecule has 2 rings (SSSR count). The third-order valence-corrected chi connectivity index (χ3v) is 4.97. The van der Waals surface area contributed by atoms with Crippen molar-refractivity contribution < 1.29 is 24.5 Å². The number of benzene rings is 2. The third kappa shape index (κ3) is 7.84. The highest BCUT2D eigenvalue weighted by atomic mass is 16.5. The van der Waals surface area contributed by atoms with Gasteiger partial charge in [-0.1, -0.05) is 45.2 Å². The van der Waals surface area contributed by atoms with Gasteiger partial charge in [-0.25, -0.2) is 0 Å². The van der Waals surface area contributed by atoms with Crippen LogP contribution in [0.2, 0.25) is 0 Å². The predicted molar refractivity (Wildman–Crippen MR) is 128 cm³/mol. The second-order valence-electron chi connectivity index (χ2n) is 7.99. The molecule has 6 heteroatoms. The Labute approximate surface area is 190 Å². The minimum absolute atomic E-state index is 0.00349. The summed E-state index contributed by atoms with van der Waals surface area (Å²) in [5, 5.41) is 23.2. The zero-order chi connectivity index (χ0) is 23.5. The number of carbonyl (C=O) groups excluding carboxylic acids is 1. The topological polar surface area (TPSA) is 88.0 Å². The number of aromatic hydroxyl groups is 2. The average Bonchev–Trinajstić information content (AvgIpc) is 2.75. The zero-order valence-corrected chi connectivity index (χ0v) is 19.4. The fourth-order valence-corrected chi connectivity index (χ4v) is 3.25. The summed E-state index contributed by atoms with van der Waals surface area (Å²) in [5.41, 5.74) is 0.991. The number of hydrogen-bond donors (Lipinski definition) is 3. The lowest BCUT2D eigenvalue weighted by Crippen LogP contribution is -2.13. The Kier molecular flexibility index (Phi) is 9.92. The molecule has 1 amide bonds. The number of anilines is 1.